The van der Waals surface area contributed by atoms with Gasteiger partial charge in [0.1, 0.15) is 24.0 Å². The Labute approximate surface area is 352 Å². The number of ether oxygens (including phenoxy) is 2. The number of nitriles is 1. The van der Waals surface area contributed by atoms with E-state index in [1.165, 1.54) is 0 Å². The van der Waals surface area contributed by atoms with Gasteiger partial charge in [-0.25, -0.2) is 4.98 Å². The number of fused-ring (bicyclic) bond motifs is 2. The van der Waals surface area contributed by atoms with E-state index in [2.05, 4.69) is 142 Å². The lowest BCUT2D eigenvalue weighted by Gasteiger charge is -2.47. The van der Waals surface area contributed by atoms with Gasteiger partial charge in [0.2, 0.25) is 5.82 Å². The molecule has 320 valence electrons. The van der Waals surface area contributed by atoms with Crippen molar-refractivity contribution in [1.82, 2.24) is 14.5 Å². The number of imidazole rings is 1. The summed E-state index contributed by atoms with van der Waals surface area (Å²) in [5.41, 5.74) is 2.68. The predicted octanol–water partition coefficient (Wildman–Crippen LogP) is 11.3. The molecule has 0 saturated carbocycles. The largest absolute Gasteiger partial charge is 0.414 e. The molecule has 0 aromatic carbocycles. The van der Waals surface area contributed by atoms with E-state index in [1.54, 1.807) is 10.8 Å². The number of anilines is 1. The second kappa shape index (κ2) is 16.6. The molecular formula is C45H73N5O5Si3. The van der Waals surface area contributed by atoms with E-state index in [0.717, 1.165) is 55.1 Å². The molecule has 1 aliphatic carbocycles. The zero-order valence-corrected chi connectivity index (χ0v) is 41.4. The molecule has 1 fully saturated rings. The monoisotopic (exact) mass is 847 g/mol. The first-order valence-electron chi connectivity index (χ1n) is 21.3. The molecule has 0 radical (unpaired) electrons. The molecule has 2 aromatic heterocycles. The van der Waals surface area contributed by atoms with Crippen LogP contribution in [0.2, 0.25) is 61.9 Å². The van der Waals surface area contributed by atoms with Crippen LogP contribution in [0.25, 0.3) is 5.57 Å². The molecule has 13 heteroatoms. The number of carbonyl (C=O) groups excluding carboxylic acids is 1. The molecule has 2 aliphatic heterocycles. The van der Waals surface area contributed by atoms with Crippen LogP contribution in [0.3, 0.4) is 0 Å². The number of nitrogens with one attached hydrogen (secondary N) is 1. The molecule has 0 spiro atoms. The second-order valence-electron chi connectivity index (χ2n) is 22.3. The summed E-state index contributed by atoms with van der Waals surface area (Å²) in [5.74, 6) is -0.207. The van der Waals surface area contributed by atoms with E-state index in [4.69, 9.17) is 23.3 Å². The summed E-state index contributed by atoms with van der Waals surface area (Å²) < 4.78 is 28.6. The minimum atomic E-state index is -2.08. The van der Waals surface area contributed by atoms with Crippen molar-refractivity contribution < 1.29 is 23.1 Å². The van der Waals surface area contributed by atoms with Gasteiger partial charge in [-0.1, -0.05) is 93.3 Å². The molecule has 2 atom stereocenters. The summed E-state index contributed by atoms with van der Waals surface area (Å²) in [6.07, 6.45) is 12.7. The fourth-order valence-electron chi connectivity index (χ4n) is 7.23. The zero-order valence-electron chi connectivity index (χ0n) is 38.4. The maximum atomic E-state index is 14.1. The van der Waals surface area contributed by atoms with Crippen molar-refractivity contribution in [1.29, 1.82) is 5.26 Å². The van der Waals surface area contributed by atoms with Gasteiger partial charge in [0.25, 0.3) is 5.91 Å². The van der Waals surface area contributed by atoms with Gasteiger partial charge in [-0.2, -0.15) is 5.26 Å². The summed E-state index contributed by atoms with van der Waals surface area (Å²) in [6.45, 7) is 36.0. The summed E-state index contributed by atoms with van der Waals surface area (Å²) in [4.78, 5) is 23.9. The van der Waals surface area contributed by atoms with Crippen LogP contribution in [0.4, 0.5) is 5.69 Å². The second-order valence-corrected chi connectivity index (χ2v) is 37.6. The predicted molar refractivity (Wildman–Crippen MR) is 243 cm³/mol. The third kappa shape index (κ3) is 11.0. The smallest absolute Gasteiger partial charge is 0.291 e. The number of aromatic nitrogens is 3. The summed E-state index contributed by atoms with van der Waals surface area (Å²) in [7, 11) is -5.46. The number of allylic oxidation sites excluding steroid dienone is 2. The van der Waals surface area contributed by atoms with Gasteiger partial charge in [0.15, 0.2) is 22.3 Å². The third-order valence-electron chi connectivity index (χ3n) is 13.4. The first kappa shape index (κ1) is 46.4. The summed E-state index contributed by atoms with van der Waals surface area (Å²) in [6, 6.07) is 7.16. The average molecular weight is 848 g/mol. The van der Waals surface area contributed by atoms with Gasteiger partial charge in [-0.05, 0) is 97.5 Å². The molecule has 4 heterocycles. The highest BCUT2D eigenvalue weighted by molar-refractivity contribution is 6.76. The molecule has 1 amide bonds. The fourth-order valence-corrected chi connectivity index (χ4v) is 10.1. The fraction of sp³-hybridized carbons (Fsp3) is 0.689. The lowest BCUT2D eigenvalue weighted by Crippen LogP contribution is -2.53. The van der Waals surface area contributed by atoms with Crippen LogP contribution >= 0.6 is 0 Å². The van der Waals surface area contributed by atoms with E-state index < -0.39 is 41.8 Å². The molecule has 2 unspecified atom stereocenters. The Morgan fingerprint density at radius 1 is 0.948 bits per heavy atom. The van der Waals surface area contributed by atoms with Gasteiger partial charge in [-0.15, -0.1) is 0 Å². The van der Waals surface area contributed by atoms with Gasteiger partial charge in [0.05, 0.1) is 24.6 Å². The molecule has 10 nitrogen and oxygen atoms in total. The van der Waals surface area contributed by atoms with Crippen LogP contribution in [0.15, 0.2) is 36.6 Å². The number of amides is 1. The van der Waals surface area contributed by atoms with E-state index in [-0.39, 0.29) is 39.7 Å². The zero-order chi connectivity index (χ0) is 43.2. The lowest BCUT2D eigenvalue weighted by molar-refractivity contribution is -0.160. The highest BCUT2D eigenvalue weighted by atomic mass is 28.4. The topological polar surface area (TPSA) is 121 Å². The minimum absolute atomic E-state index is 0.0595. The molecule has 2 aromatic rings. The third-order valence-corrected chi connectivity index (χ3v) is 24.1. The molecule has 3 aliphatic rings. The molecular weight excluding hydrogens is 775 g/mol. The average Bonchev–Trinajstić information content (AvgIpc) is 3.65. The number of pyridine rings is 1. The van der Waals surface area contributed by atoms with E-state index in [0.29, 0.717) is 25.5 Å². The normalized spacial score (nSPS) is 23.8. The Balaban J connectivity index is 1.49. The van der Waals surface area contributed by atoms with E-state index >= 15 is 0 Å². The first-order chi connectivity index (χ1) is 26.6. The molecule has 1 saturated heterocycles. The maximum Gasteiger partial charge on any atom is 0.291 e. The highest BCUT2D eigenvalue weighted by Crippen LogP contribution is 2.52. The number of nitrogens with zero attached hydrogens (tertiary/aromatic N) is 4. The van der Waals surface area contributed by atoms with Crippen LogP contribution in [0.1, 0.15) is 121 Å². The molecule has 2 bridgehead atoms. The van der Waals surface area contributed by atoms with E-state index in [1.807, 2.05) is 6.07 Å². The molecule has 58 heavy (non-hydrogen) atoms. The Morgan fingerprint density at radius 2 is 1.53 bits per heavy atom. The Kier molecular flexibility index (Phi) is 13.3. The summed E-state index contributed by atoms with van der Waals surface area (Å²) >= 11 is 0. The standard InChI is InChI=1S/C45H73N5O5Si3/c1-41(2,3)57(12,13)53-30-44-22-23-45(55-44,31-54-58(14,15)42(4,5)6)27-34(26-44)36-16-17-37(38(48-36)33-18-20-43(7,8)21-19-33)49-40(51)39-47-35(28-46)29-50(39)32-52-24-25-56(9,10)11/h16-18,22-23,29,34H,19-21,24-27,30-32H2,1-15H3,(H,49,51). The minimum Gasteiger partial charge on any atom is -0.414 e. The Bertz CT molecular complexity index is 1880. The van der Waals surface area contributed by atoms with Crippen molar-refractivity contribution in [2.24, 2.45) is 5.41 Å². The van der Waals surface area contributed by atoms with Crippen molar-refractivity contribution in [3.63, 3.8) is 0 Å². The van der Waals surface area contributed by atoms with Crippen LogP contribution in [0, 0.1) is 16.7 Å². The van der Waals surface area contributed by atoms with Gasteiger partial charge in [0, 0.05) is 32.5 Å². The number of carbonyl (C=O) groups is 1. The van der Waals surface area contributed by atoms with Gasteiger partial charge < -0.3 is 28.2 Å². The van der Waals surface area contributed by atoms with Crippen molar-refractivity contribution in [2.45, 2.75) is 173 Å². The summed E-state index contributed by atoms with van der Waals surface area (Å²) in [5, 5.41) is 13.0. The Morgan fingerprint density at radius 3 is 2.03 bits per heavy atom. The van der Waals surface area contributed by atoms with Crippen LogP contribution in [-0.2, 0) is 25.1 Å². The number of rotatable bonds is 15. The molecule has 5 rings (SSSR count). The maximum absolute atomic E-state index is 14.1. The van der Waals surface area contributed by atoms with E-state index in [9.17, 15) is 10.1 Å². The lowest BCUT2D eigenvalue weighted by atomic mass is 9.77. The SMILES string of the molecule is CC1(C)CC=C(c2nc(C3CC4(CO[Si](C)(C)C(C)(C)C)C=CC(CO[Si](C)(C)C(C)(C)C)(C3)O4)ccc2NC(=O)c2nc(C#N)cn2COCC[Si](C)(C)C)CC1. The first-order valence-corrected chi connectivity index (χ1v) is 30.9. The van der Waals surface area contributed by atoms with Gasteiger partial charge in [-0.3, -0.25) is 9.78 Å². The van der Waals surface area contributed by atoms with Crippen molar-refractivity contribution >= 4 is 41.9 Å². The van der Waals surface area contributed by atoms with Crippen molar-refractivity contribution in [3.05, 3.63) is 59.5 Å². The van der Waals surface area contributed by atoms with Crippen molar-refractivity contribution in [3.8, 4) is 6.07 Å². The van der Waals surface area contributed by atoms with Crippen LogP contribution in [0.5, 0.6) is 0 Å². The van der Waals surface area contributed by atoms with Crippen molar-refractivity contribution in [2.75, 3.05) is 25.1 Å². The molecule has 1 N–H and O–H groups in total. The van der Waals surface area contributed by atoms with Crippen LogP contribution in [-0.4, -0.2) is 76.2 Å². The number of hydrogen-bond donors (Lipinski definition) is 1. The Hall–Kier alpha value is -2.71. The highest BCUT2D eigenvalue weighted by Gasteiger charge is 2.54. The quantitative estimate of drug-likeness (QED) is 0.107. The number of hydrogen-bond acceptors (Lipinski definition) is 8. The van der Waals surface area contributed by atoms with Gasteiger partial charge >= 0.3 is 0 Å². The van der Waals surface area contributed by atoms with Crippen LogP contribution < -0.4 is 5.32 Å².